The summed E-state index contributed by atoms with van der Waals surface area (Å²) in [7, 11) is 0. The Morgan fingerprint density at radius 2 is 2.05 bits per heavy atom. The van der Waals surface area contributed by atoms with E-state index >= 15 is 0 Å². The molecule has 1 heterocycles. The summed E-state index contributed by atoms with van der Waals surface area (Å²) in [5.74, 6) is -1.06. The number of rotatable bonds is 5. The van der Waals surface area contributed by atoms with Gasteiger partial charge in [0.05, 0.1) is 5.56 Å². The summed E-state index contributed by atoms with van der Waals surface area (Å²) in [6.07, 6.45) is -1.36. The topological polar surface area (TPSA) is 94.0 Å². The number of carbonyl (C=O) groups excluding carboxylic acids is 1. The molecule has 0 aromatic carbocycles. The van der Waals surface area contributed by atoms with Crippen molar-refractivity contribution in [3.05, 3.63) is 35.5 Å². The highest BCUT2D eigenvalue weighted by molar-refractivity contribution is 5.97. The first-order valence-electron chi connectivity index (χ1n) is 5.33. The molecular weight excluding hydrogens is 261 g/mol. The number of amides is 1. The number of carbonyl (C=O) groups is 1. The average Bonchev–Trinajstić information content (AvgIpc) is 2.33. The fraction of sp³-hybridized carbons (Fsp3) is 0.273. The highest BCUT2D eigenvalue weighted by Crippen LogP contribution is 2.29. The van der Waals surface area contributed by atoms with Crippen molar-refractivity contribution in [2.45, 2.75) is 6.18 Å². The minimum absolute atomic E-state index is 0.103. The lowest BCUT2D eigenvalue weighted by Gasteiger charge is -2.11. The van der Waals surface area contributed by atoms with Crippen molar-refractivity contribution in [1.82, 2.24) is 4.98 Å². The van der Waals surface area contributed by atoms with Crippen LogP contribution in [0.4, 0.5) is 19.0 Å². The van der Waals surface area contributed by atoms with Crippen molar-refractivity contribution in [1.29, 1.82) is 0 Å². The standard InChI is InChI=1S/C11H13F3N4O/c12-11(13,14)8-4-3-7(9(16)19)10(18-8)17-6-2-1-5-15/h1-4H,5-6,15H2,(H2,16,19)(H,17,18)/b2-1+. The maximum atomic E-state index is 12.5. The second kappa shape index (κ2) is 6.19. The van der Waals surface area contributed by atoms with Crippen LogP contribution in [0.3, 0.4) is 0 Å². The van der Waals surface area contributed by atoms with E-state index in [-0.39, 0.29) is 17.9 Å². The molecule has 0 bridgehead atoms. The molecule has 1 amide bonds. The summed E-state index contributed by atoms with van der Waals surface area (Å²) in [6, 6.07) is 1.70. The maximum Gasteiger partial charge on any atom is 0.433 e. The van der Waals surface area contributed by atoms with Gasteiger partial charge < -0.3 is 16.8 Å². The Bertz CT molecular complexity index is 485. The Morgan fingerprint density at radius 3 is 2.58 bits per heavy atom. The summed E-state index contributed by atoms with van der Waals surface area (Å²) in [5.41, 5.74) is 9.08. The van der Waals surface area contributed by atoms with Crippen molar-refractivity contribution < 1.29 is 18.0 Å². The smallest absolute Gasteiger partial charge is 0.366 e. The Balaban J connectivity index is 3.02. The van der Waals surface area contributed by atoms with Crippen LogP contribution in [0.25, 0.3) is 0 Å². The van der Waals surface area contributed by atoms with Crippen LogP contribution in [0, 0.1) is 0 Å². The SMILES string of the molecule is NC/C=C/CNc1nc(C(F)(F)F)ccc1C(N)=O. The van der Waals surface area contributed by atoms with Crippen LogP contribution in [0.2, 0.25) is 0 Å². The number of hydrogen-bond donors (Lipinski definition) is 3. The number of hydrogen-bond acceptors (Lipinski definition) is 4. The number of pyridine rings is 1. The quantitative estimate of drug-likeness (QED) is 0.701. The lowest BCUT2D eigenvalue weighted by molar-refractivity contribution is -0.141. The number of nitrogens with two attached hydrogens (primary N) is 2. The van der Waals surface area contributed by atoms with Crippen LogP contribution in [0.1, 0.15) is 16.1 Å². The lowest BCUT2D eigenvalue weighted by Crippen LogP contribution is -2.18. The number of nitrogens with zero attached hydrogens (tertiary/aromatic N) is 1. The van der Waals surface area contributed by atoms with Crippen LogP contribution in [-0.2, 0) is 6.18 Å². The van der Waals surface area contributed by atoms with Crippen LogP contribution in [0.15, 0.2) is 24.3 Å². The number of nitrogens with one attached hydrogen (secondary N) is 1. The fourth-order valence-corrected chi connectivity index (χ4v) is 1.29. The molecule has 1 aromatic rings. The molecule has 0 radical (unpaired) electrons. The zero-order chi connectivity index (χ0) is 14.5. The molecule has 1 aromatic heterocycles. The van der Waals surface area contributed by atoms with E-state index in [1.165, 1.54) is 0 Å². The van der Waals surface area contributed by atoms with Crippen molar-refractivity contribution in [2.24, 2.45) is 11.5 Å². The van der Waals surface area contributed by atoms with Crippen molar-refractivity contribution in [2.75, 3.05) is 18.4 Å². The van der Waals surface area contributed by atoms with Gasteiger partial charge >= 0.3 is 6.18 Å². The molecular formula is C11H13F3N4O. The Labute approximate surface area is 107 Å². The van der Waals surface area contributed by atoms with Gasteiger partial charge in [-0.1, -0.05) is 12.2 Å². The number of anilines is 1. The van der Waals surface area contributed by atoms with E-state index in [0.29, 0.717) is 12.6 Å². The molecule has 1 rings (SSSR count). The van der Waals surface area contributed by atoms with E-state index in [0.717, 1.165) is 6.07 Å². The highest BCUT2D eigenvalue weighted by atomic mass is 19.4. The van der Waals surface area contributed by atoms with Gasteiger partial charge in [0.25, 0.3) is 5.91 Å². The van der Waals surface area contributed by atoms with Gasteiger partial charge in [0.15, 0.2) is 0 Å². The lowest BCUT2D eigenvalue weighted by atomic mass is 10.2. The first-order chi connectivity index (χ1) is 8.86. The normalized spacial score (nSPS) is 11.8. The molecule has 0 fully saturated rings. The molecule has 19 heavy (non-hydrogen) atoms. The molecule has 0 saturated carbocycles. The van der Waals surface area contributed by atoms with Crippen molar-refractivity contribution in [3.63, 3.8) is 0 Å². The Morgan fingerprint density at radius 1 is 1.37 bits per heavy atom. The fourth-order valence-electron chi connectivity index (χ4n) is 1.29. The summed E-state index contributed by atoms with van der Waals surface area (Å²) >= 11 is 0. The van der Waals surface area contributed by atoms with E-state index in [4.69, 9.17) is 11.5 Å². The minimum Gasteiger partial charge on any atom is -0.366 e. The van der Waals surface area contributed by atoms with Gasteiger partial charge in [0.2, 0.25) is 0 Å². The molecule has 8 heteroatoms. The predicted octanol–water partition coefficient (Wildman–Crippen LogP) is 1.13. The number of aromatic nitrogens is 1. The summed E-state index contributed by atoms with van der Waals surface area (Å²) in [6.45, 7) is 0.492. The van der Waals surface area contributed by atoms with Gasteiger partial charge in [-0.15, -0.1) is 0 Å². The van der Waals surface area contributed by atoms with Gasteiger partial charge in [-0.25, -0.2) is 4.98 Å². The first kappa shape index (κ1) is 15.0. The zero-order valence-electron chi connectivity index (χ0n) is 9.87. The van der Waals surface area contributed by atoms with E-state index in [1.54, 1.807) is 12.2 Å². The van der Waals surface area contributed by atoms with Crippen LogP contribution >= 0.6 is 0 Å². The molecule has 0 spiro atoms. The molecule has 0 aliphatic heterocycles. The molecule has 0 atom stereocenters. The number of alkyl halides is 3. The van der Waals surface area contributed by atoms with E-state index < -0.39 is 17.8 Å². The second-order valence-electron chi connectivity index (χ2n) is 3.54. The van der Waals surface area contributed by atoms with Gasteiger partial charge in [0, 0.05) is 13.1 Å². The molecule has 104 valence electrons. The van der Waals surface area contributed by atoms with Crippen LogP contribution in [0.5, 0.6) is 0 Å². The first-order valence-corrected chi connectivity index (χ1v) is 5.33. The van der Waals surface area contributed by atoms with E-state index in [9.17, 15) is 18.0 Å². The Kier molecular flexibility index (Phi) is 4.87. The third-order valence-electron chi connectivity index (χ3n) is 2.14. The maximum absolute atomic E-state index is 12.5. The molecule has 0 aliphatic carbocycles. The van der Waals surface area contributed by atoms with Gasteiger partial charge in [-0.05, 0) is 12.1 Å². The predicted molar refractivity (Wildman–Crippen MR) is 64.4 cm³/mol. The minimum atomic E-state index is -4.58. The molecule has 5 N–H and O–H groups in total. The second-order valence-corrected chi connectivity index (χ2v) is 3.54. The van der Waals surface area contributed by atoms with Gasteiger partial charge in [0.1, 0.15) is 11.5 Å². The zero-order valence-corrected chi connectivity index (χ0v) is 9.87. The van der Waals surface area contributed by atoms with E-state index in [2.05, 4.69) is 10.3 Å². The molecule has 0 unspecified atom stereocenters. The van der Waals surface area contributed by atoms with Gasteiger partial charge in [-0.2, -0.15) is 13.2 Å². The summed E-state index contributed by atoms with van der Waals surface area (Å²) in [5, 5.41) is 2.59. The Hall–Kier alpha value is -2.09. The molecule has 0 aliphatic rings. The van der Waals surface area contributed by atoms with E-state index in [1.807, 2.05) is 0 Å². The summed E-state index contributed by atoms with van der Waals surface area (Å²) in [4.78, 5) is 14.5. The van der Waals surface area contributed by atoms with Gasteiger partial charge in [-0.3, -0.25) is 4.79 Å². The average molecular weight is 274 g/mol. The number of primary amides is 1. The van der Waals surface area contributed by atoms with Crippen molar-refractivity contribution in [3.8, 4) is 0 Å². The summed E-state index contributed by atoms with van der Waals surface area (Å²) < 4.78 is 37.5. The third-order valence-corrected chi connectivity index (χ3v) is 2.14. The van der Waals surface area contributed by atoms with Crippen molar-refractivity contribution >= 4 is 11.7 Å². The third kappa shape index (κ3) is 4.25. The van der Waals surface area contributed by atoms with Crippen LogP contribution in [-0.4, -0.2) is 24.0 Å². The molecule has 5 nitrogen and oxygen atoms in total. The largest absolute Gasteiger partial charge is 0.433 e. The monoisotopic (exact) mass is 274 g/mol. The molecule has 0 saturated heterocycles. The van der Waals surface area contributed by atoms with Crippen LogP contribution < -0.4 is 16.8 Å². The number of halogens is 3. The highest BCUT2D eigenvalue weighted by Gasteiger charge is 2.33.